The quantitative estimate of drug-likeness (QED) is 0.805. The molecule has 0 heterocycles. The van der Waals surface area contributed by atoms with Crippen LogP contribution in [-0.4, -0.2) is 18.5 Å². The Morgan fingerprint density at radius 1 is 1.21 bits per heavy atom. The highest BCUT2D eigenvalue weighted by atomic mass is 16.1. The van der Waals surface area contributed by atoms with Crippen LogP contribution in [0.25, 0.3) is 0 Å². The van der Waals surface area contributed by atoms with Gasteiger partial charge in [-0.25, -0.2) is 0 Å². The van der Waals surface area contributed by atoms with Crippen molar-refractivity contribution in [3.05, 3.63) is 0 Å². The minimum Gasteiger partial charge on any atom is -0.356 e. The molecule has 1 aliphatic carbocycles. The van der Waals surface area contributed by atoms with Crippen LogP contribution in [0.3, 0.4) is 0 Å². The van der Waals surface area contributed by atoms with Crippen LogP contribution in [0, 0.1) is 22.2 Å². The summed E-state index contributed by atoms with van der Waals surface area (Å²) in [5.74, 6) is 0.665. The Balaban J connectivity index is 2.30. The molecule has 0 aromatic rings. The SMILES string of the molecule is CC(C)(C)CC(N)CC(=O)NCC1C(C)(C)C1(C)C. The maximum absolute atomic E-state index is 11.9. The second-order valence-corrected chi connectivity index (χ2v) is 8.53. The lowest BCUT2D eigenvalue weighted by molar-refractivity contribution is -0.121. The van der Waals surface area contributed by atoms with Gasteiger partial charge < -0.3 is 11.1 Å². The Hall–Kier alpha value is -0.570. The topological polar surface area (TPSA) is 55.1 Å². The van der Waals surface area contributed by atoms with Crippen molar-refractivity contribution in [2.24, 2.45) is 27.9 Å². The smallest absolute Gasteiger partial charge is 0.221 e. The van der Waals surface area contributed by atoms with Crippen molar-refractivity contribution in [2.45, 2.75) is 67.3 Å². The summed E-state index contributed by atoms with van der Waals surface area (Å²) in [6.07, 6.45) is 1.31. The minimum atomic E-state index is -0.0415. The predicted molar refractivity (Wildman–Crippen MR) is 80.7 cm³/mol. The maximum atomic E-state index is 11.9. The summed E-state index contributed by atoms with van der Waals surface area (Å²) >= 11 is 0. The summed E-state index contributed by atoms with van der Waals surface area (Å²) in [5, 5.41) is 3.05. The number of nitrogens with one attached hydrogen (secondary N) is 1. The van der Waals surface area contributed by atoms with Gasteiger partial charge in [0.1, 0.15) is 0 Å². The van der Waals surface area contributed by atoms with E-state index in [1.807, 2.05) is 0 Å². The second kappa shape index (κ2) is 5.08. The molecule has 1 rings (SSSR count). The van der Waals surface area contributed by atoms with E-state index in [4.69, 9.17) is 5.73 Å². The third kappa shape index (κ3) is 3.95. The van der Waals surface area contributed by atoms with Crippen LogP contribution in [0.4, 0.5) is 0 Å². The summed E-state index contributed by atoms with van der Waals surface area (Å²) < 4.78 is 0. The van der Waals surface area contributed by atoms with Crippen molar-refractivity contribution in [3.63, 3.8) is 0 Å². The monoisotopic (exact) mass is 268 g/mol. The molecule has 0 spiro atoms. The van der Waals surface area contributed by atoms with E-state index in [-0.39, 0.29) is 17.4 Å². The van der Waals surface area contributed by atoms with Gasteiger partial charge >= 0.3 is 0 Å². The summed E-state index contributed by atoms with van der Waals surface area (Å²) in [6, 6.07) is -0.0415. The van der Waals surface area contributed by atoms with Crippen molar-refractivity contribution in [2.75, 3.05) is 6.54 Å². The number of hydrogen-bond donors (Lipinski definition) is 2. The first kappa shape index (κ1) is 16.5. The highest BCUT2D eigenvalue weighted by molar-refractivity contribution is 5.76. The lowest BCUT2D eigenvalue weighted by Crippen LogP contribution is -2.35. The number of carbonyl (C=O) groups is 1. The van der Waals surface area contributed by atoms with Gasteiger partial charge in [-0.3, -0.25) is 4.79 Å². The number of nitrogens with two attached hydrogens (primary N) is 1. The molecule has 0 radical (unpaired) electrons. The molecular weight excluding hydrogens is 236 g/mol. The fourth-order valence-corrected chi connectivity index (χ4v) is 3.23. The molecule has 1 atom stereocenters. The molecule has 3 heteroatoms. The lowest BCUT2D eigenvalue weighted by Gasteiger charge is -2.22. The molecular formula is C16H32N2O. The predicted octanol–water partition coefficient (Wildman–Crippen LogP) is 2.94. The zero-order valence-corrected chi connectivity index (χ0v) is 13.8. The molecule has 1 fully saturated rings. The van der Waals surface area contributed by atoms with Gasteiger partial charge in [-0.2, -0.15) is 0 Å². The van der Waals surface area contributed by atoms with E-state index < -0.39 is 0 Å². The highest BCUT2D eigenvalue weighted by Gasteiger charge is 2.64. The first-order valence-corrected chi connectivity index (χ1v) is 7.40. The highest BCUT2D eigenvalue weighted by Crippen LogP contribution is 2.67. The zero-order chi connectivity index (χ0) is 15.1. The van der Waals surface area contributed by atoms with Gasteiger partial charge in [0.2, 0.25) is 5.91 Å². The Bertz CT molecular complexity index is 325. The van der Waals surface area contributed by atoms with Crippen LogP contribution >= 0.6 is 0 Å². The van der Waals surface area contributed by atoms with Crippen LogP contribution in [0.2, 0.25) is 0 Å². The molecule has 19 heavy (non-hydrogen) atoms. The first-order chi connectivity index (χ1) is 8.38. The fraction of sp³-hybridized carbons (Fsp3) is 0.938. The summed E-state index contributed by atoms with van der Waals surface area (Å²) in [5.41, 5.74) is 6.86. The number of hydrogen-bond acceptors (Lipinski definition) is 2. The molecule has 0 bridgehead atoms. The van der Waals surface area contributed by atoms with E-state index in [2.05, 4.69) is 53.8 Å². The third-order valence-corrected chi connectivity index (χ3v) is 5.15. The van der Waals surface area contributed by atoms with Crippen molar-refractivity contribution in [1.82, 2.24) is 5.32 Å². The first-order valence-electron chi connectivity index (χ1n) is 7.40. The Kier molecular flexibility index (Phi) is 4.41. The molecule has 0 aliphatic heterocycles. The molecule has 0 aromatic carbocycles. The molecule has 0 aromatic heterocycles. The average Bonchev–Trinajstić information content (AvgIpc) is 2.50. The molecule has 112 valence electrons. The van der Waals surface area contributed by atoms with Crippen LogP contribution in [-0.2, 0) is 4.79 Å². The maximum Gasteiger partial charge on any atom is 0.221 e. The average molecular weight is 268 g/mol. The molecule has 1 aliphatic rings. The van der Waals surface area contributed by atoms with Crippen molar-refractivity contribution >= 4 is 5.91 Å². The molecule has 1 amide bonds. The second-order valence-electron chi connectivity index (χ2n) is 8.53. The summed E-state index contributed by atoms with van der Waals surface area (Å²) in [6.45, 7) is 16.3. The van der Waals surface area contributed by atoms with Crippen LogP contribution < -0.4 is 11.1 Å². The van der Waals surface area contributed by atoms with Gasteiger partial charge in [-0.05, 0) is 28.6 Å². The van der Waals surface area contributed by atoms with Crippen LogP contribution in [0.15, 0.2) is 0 Å². The van der Waals surface area contributed by atoms with Crippen molar-refractivity contribution in [3.8, 4) is 0 Å². The zero-order valence-electron chi connectivity index (χ0n) is 13.8. The van der Waals surface area contributed by atoms with Crippen LogP contribution in [0.1, 0.15) is 61.3 Å². The molecule has 3 N–H and O–H groups in total. The number of rotatable bonds is 5. The van der Waals surface area contributed by atoms with E-state index in [0.29, 0.717) is 23.2 Å². The lowest BCUT2D eigenvalue weighted by atomic mass is 9.87. The van der Waals surface area contributed by atoms with Gasteiger partial charge in [-0.1, -0.05) is 48.5 Å². The van der Waals surface area contributed by atoms with E-state index in [0.717, 1.165) is 13.0 Å². The van der Waals surface area contributed by atoms with Gasteiger partial charge in [0.25, 0.3) is 0 Å². The standard InChI is InChI=1S/C16H32N2O/c1-14(2,3)9-11(17)8-13(19)18-10-12-15(4,5)16(12,6)7/h11-12H,8-10,17H2,1-7H3,(H,18,19). The third-order valence-electron chi connectivity index (χ3n) is 5.15. The molecule has 1 unspecified atom stereocenters. The Morgan fingerprint density at radius 3 is 2.05 bits per heavy atom. The number of carbonyl (C=O) groups excluding carboxylic acids is 1. The molecule has 3 nitrogen and oxygen atoms in total. The minimum absolute atomic E-state index is 0.0415. The summed E-state index contributed by atoms with van der Waals surface area (Å²) in [7, 11) is 0. The van der Waals surface area contributed by atoms with E-state index in [1.165, 1.54) is 0 Å². The van der Waals surface area contributed by atoms with E-state index >= 15 is 0 Å². The fourth-order valence-electron chi connectivity index (χ4n) is 3.23. The molecule has 0 saturated heterocycles. The number of amides is 1. The van der Waals surface area contributed by atoms with Gasteiger partial charge in [0.15, 0.2) is 0 Å². The molecule has 1 saturated carbocycles. The van der Waals surface area contributed by atoms with Crippen LogP contribution in [0.5, 0.6) is 0 Å². The van der Waals surface area contributed by atoms with Gasteiger partial charge in [0, 0.05) is 19.0 Å². The van der Waals surface area contributed by atoms with Gasteiger partial charge in [0.05, 0.1) is 0 Å². The van der Waals surface area contributed by atoms with E-state index in [9.17, 15) is 4.79 Å². The Labute approximate surface area is 118 Å². The largest absolute Gasteiger partial charge is 0.356 e. The summed E-state index contributed by atoms with van der Waals surface area (Å²) in [4.78, 5) is 11.9. The normalized spacial score (nSPS) is 22.9. The van der Waals surface area contributed by atoms with Gasteiger partial charge in [-0.15, -0.1) is 0 Å². The van der Waals surface area contributed by atoms with E-state index in [1.54, 1.807) is 0 Å². The van der Waals surface area contributed by atoms with Crippen molar-refractivity contribution in [1.29, 1.82) is 0 Å². The Morgan fingerprint density at radius 2 is 1.68 bits per heavy atom. The van der Waals surface area contributed by atoms with Crippen molar-refractivity contribution < 1.29 is 4.79 Å².